The molecule has 0 aliphatic heterocycles. The highest BCUT2D eigenvalue weighted by Crippen LogP contribution is 2.32. The predicted octanol–water partition coefficient (Wildman–Crippen LogP) is 4.95. The summed E-state index contributed by atoms with van der Waals surface area (Å²) in [6.07, 6.45) is -3.19. The van der Waals surface area contributed by atoms with E-state index in [0.29, 0.717) is 11.1 Å². The van der Waals surface area contributed by atoms with Gasteiger partial charge < -0.3 is 0 Å². The Balaban J connectivity index is 2.27. The molecule has 0 fully saturated rings. The van der Waals surface area contributed by atoms with Crippen molar-refractivity contribution in [3.05, 3.63) is 53.3 Å². The minimum atomic E-state index is -4.55. The maximum atomic E-state index is 13.5. The Labute approximate surface area is 150 Å². The van der Waals surface area contributed by atoms with E-state index in [1.54, 1.807) is 12.1 Å². The maximum absolute atomic E-state index is 13.5. The van der Waals surface area contributed by atoms with Crippen LogP contribution in [0.1, 0.15) is 16.8 Å². The van der Waals surface area contributed by atoms with Crippen LogP contribution in [-0.4, -0.2) is 22.7 Å². The second kappa shape index (κ2) is 6.29. The molecule has 0 saturated heterocycles. The summed E-state index contributed by atoms with van der Waals surface area (Å²) in [4.78, 5) is 4.42. The van der Waals surface area contributed by atoms with Gasteiger partial charge in [0, 0.05) is 5.56 Å². The fourth-order valence-electron chi connectivity index (χ4n) is 2.38. The average Bonchev–Trinajstić information content (AvgIpc) is 2.94. The maximum Gasteiger partial charge on any atom is 0.433 e. The minimum Gasteiger partial charge on any atom is -0.227 e. The van der Waals surface area contributed by atoms with Crippen molar-refractivity contribution in [2.75, 3.05) is 0 Å². The Morgan fingerprint density at radius 2 is 1.73 bits per heavy atom. The van der Waals surface area contributed by atoms with Crippen molar-refractivity contribution in [2.45, 2.75) is 32.7 Å². The molecule has 134 valence electrons. The van der Waals surface area contributed by atoms with Crippen LogP contribution in [0.25, 0.3) is 16.9 Å². The fraction of sp³-hybridized carbons (Fsp3) is 0.263. The van der Waals surface area contributed by atoms with Gasteiger partial charge in [-0.2, -0.15) is 18.3 Å². The van der Waals surface area contributed by atoms with Crippen molar-refractivity contribution < 1.29 is 13.2 Å². The van der Waals surface area contributed by atoms with Crippen LogP contribution in [-0.2, 0) is 6.18 Å². The van der Waals surface area contributed by atoms with Gasteiger partial charge in [0.05, 0.1) is 17.5 Å². The molecule has 0 spiro atoms. The van der Waals surface area contributed by atoms with Gasteiger partial charge in [0.1, 0.15) is 8.07 Å². The lowest BCUT2D eigenvalue weighted by Crippen LogP contribution is -2.16. The summed E-state index contributed by atoms with van der Waals surface area (Å²) in [6.45, 7) is 8.12. The summed E-state index contributed by atoms with van der Waals surface area (Å²) in [5, 5.41) is 3.88. The first-order valence-electron chi connectivity index (χ1n) is 8.11. The van der Waals surface area contributed by atoms with Gasteiger partial charge in [-0.3, -0.25) is 0 Å². The van der Waals surface area contributed by atoms with Crippen LogP contribution in [0.2, 0.25) is 19.6 Å². The van der Waals surface area contributed by atoms with Gasteiger partial charge >= 0.3 is 6.18 Å². The zero-order valence-electron chi connectivity index (χ0n) is 14.9. The first kappa shape index (κ1) is 18.2. The zero-order chi connectivity index (χ0) is 19.1. The topological polar surface area (TPSA) is 30.2 Å². The van der Waals surface area contributed by atoms with Crippen molar-refractivity contribution >= 4 is 13.7 Å². The number of aromatic nitrogens is 3. The summed E-state index contributed by atoms with van der Waals surface area (Å²) in [7, 11) is -1.68. The Bertz CT molecular complexity index is 1020. The Morgan fingerprint density at radius 1 is 1.08 bits per heavy atom. The van der Waals surface area contributed by atoms with Gasteiger partial charge in [-0.25, -0.2) is 9.50 Å². The number of hydrogen-bond donors (Lipinski definition) is 0. The molecule has 0 unspecified atom stereocenters. The quantitative estimate of drug-likeness (QED) is 0.446. The lowest BCUT2D eigenvalue weighted by atomic mass is 10.1. The first-order chi connectivity index (χ1) is 12.0. The molecule has 1 aromatic carbocycles. The van der Waals surface area contributed by atoms with E-state index in [-0.39, 0.29) is 11.3 Å². The summed E-state index contributed by atoms with van der Waals surface area (Å²) in [5.41, 5.74) is 4.72. The van der Waals surface area contributed by atoms with E-state index in [1.165, 1.54) is 6.20 Å². The number of fused-ring (bicyclic) bond motifs is 1. The molecule has 2 heterocycles. The molecular weight excluding hydrogens is 355 g/mol. The van der Waals surface area contributed by atoms with E-state index in [0.717, 1.165) is 16.1 Å². The minimum absolute atomic E-state index is 0.126. The van der Waals surface area contributed by atoms with Crippen molar-refractivity contribution in [1.29, 1.82) is 0 Å². The number of alkyl halides is 3. The first-order valence-corrected chi connectivity index (χ1v) is 11.6. The highest BCUT2D eigenvalue weighted by Gasteiger charge is 2.35. The van der Waals surface area contributed by atoms with E-state index >= 15 is 0 Å². The Morgan fingerprint density at radius 3 is 2.31 bits per heavy atom. The van der Waals surface area contributed by atoms with Crippen LogP contribution < -0.4 is 0 Å². The monoisotopic (exact) mass is 373 g/mol. The van der Waals surface area contributed by atoms with Crippen LogP contribution in [0.4, 0.5) is 13.2 Å². The third-order valence-corrected chi connectivity index (χ3v) is 4.56. The van der Waals surface area contributed by atoms with E-state index in [2.05, 4.69) is 41.2 Å². The highest BCUT2D eigenvalue weighted by atomic mass is 28.3. The van der Waals surface area contributed by atoms with Gasteiger partial charge in [0.2, 0.25) is 0 Å². The van der Waals surface area contributed by atoms with Crippen LogP contribution in [0.3, 0.4) is 0 Å². The van der Waals surface area contributed by atoms with E-state index in [9.17, 15) is 13.2 Å². The third kappa shape index (κ3) is 3.80. The van der Waals surface area contributed by atoms with Gasteiger partial charge in [0.25, 0.3) is 0 Å². The molecule has 0 radical (unpaired) electrons. The zero-order valence-corrected chi connectivity index (χ0v) is 15.9. The molecule has 0 bridgehead atoms. The van der Waals surface area contributed by atoms with Crippen molar-refractivity contribution in [2.24, 2.45) is 0 Å². The number of benzene rings is 1. The molecule has 0 amide bonds. The van der Waals surface area contributed by atoms with E-state index < -0.39 is 19.9 Å². The van der Waals surface area contributed by atoms with Gasteiger partial charge in [-0.1, -0.05) is 55.4 Å². The van der Waals surface area contributed by atoms with Gasteiger partial charge in [-0.15, -0.1) is 5.54 Å². The Kier molecular flexibility index (Phi) is 4.40. The SMILES string of the molecule is Cc1ccc(-c2cc(C(F)(F)F)n3ncc(C#C[Si](C)(C)C)c3n2)cc1. The summed E-state index contributed by atoms with van der Waals surface area (Å²) in [5.74, 6) is 2.97. The lowest BCUT2D eigenvalue weighted by Gasteiger charge is -2.11. The lowest BCUT2D eigenvalue weighted by molar-refractivity contribution is -0.142. The van der Waals surface area contributed by atoms with E-state index in [4.69, 9.17) is 0 Å². The molecule has 0 N–H and O–H groups in total. The summed E-state index contributed by atoms with van der Waals surface area (Å²) < 4.78 is 41.5. The predicted molar refractivity (Wildman–Crippen MR) is 98.4 cm³/mol. The smallest absolute Gasteiger partial charge is 0.227 e. The normalized spacial score (nSPS) is 12.1. The second-order valence-corrected chi connectivity index (χ2v) is 11.9. The molecular formula is C19H18F3N3Si. The fourth-order valence-corrected chi connectivity index (χ4v) is 2.89. The summed E-state index contributed by atoms with van der Waals surface area (Å²) in [6, 6.07) is 8.24. The van der Waals surface area contributed by atoms with Crippen molar-refractivity contribution in [3.63, 3.8) is 0 Å². The van der Waals surface area contributed by atoms with Gasteiger partial charge in [-0.05, 0) is 13.0 Å². The number of rotatable bonds is 1. The largest absolute Gasteiger partial charge is 0.433 e. The number of nitrogens with zero attached hydrogens (tertiary/aromatic N) is 3. The average molecular weight is 373 g/mol. The number of aryl methyl sites for hydroxylation is 1. The summed E-state index contributed by atoms with van der Waals surface area (Å²) >= 11 is 0. The van der Waals surface area contributed by atoms with Gasteiger partial charge in [0.15, 0.2) is 11.3 Å². The molecule has 0 aliphatic carbocycles. The molecule has 7 heteroatoms. The highest BCUT2D eigenvalue weighted by molar-refractivity contribution is 6.83. The molecule has 3 rings (SSSR count). The molecule has 0 atom stereocenters. The number of halogens is 3. The molecule has 26 heavy (non-hydrogen) atoms. The van der Waals surface area contributed by atoms with Crippen LogP contribution >= 0.6 is 0 Å². The third-order valence-electron chi connectivity index (χ3n) is 3.68. The Hall–Kier alpha value is -2.59. The molecule has 3 nitrogen and oxygen atoms in total. The van der Waals surface area contributed by atoms with Crippen LogP contribution in [0, 0.1) is 18.4 Å². The standard InChI is InChI=1S/C19H18F3N3Si/c1-13-5-7-14(8-6-13)16-11-17(19(20,21)22)25-18(24-16)15(12-23-25)9-10-26(2,3)4/h5-8,11-12H,1-4H3. The van der Waals surface area contributed by atoms with E-state index in [1.807, 2.05) is 19.1 Å². The second-order valence-electron chi connectivity index (χ2n) is 7.18. The molecule has 3 aromatic rings. The van der Waals surface area contributed by atoms with Crippen molar-refractivity contribution in [1.82, 2.24) is 14.6 Å². The molecule has 0 saturated carbocycles. The van der Waals surface area contributed by atoms with Crippen molar-refractivity contribution in [3.8, 4) is 22.7 Å². The number of hydrogen-bond acceptors (Lipinski definition) is 2. The van der Waals surface area contributed by atoms with Crippen LogP contribution in [0.5, 0.6) is 0 Å². The molecule has 0 aliphatic rings. The van der Waals surface area contributed by atoms with Crippen LogP contribution in [0.15, 0.2) is 36.5 Å². The molecule has 2 aromatic heterocycles.